The van der Waals surface area contributed by atoms with Gasteiger partial charge in [0.05, 0.1) is 11.5 Å². The molecule has 0 spiro atoms. The second-order valence-corrected chi connectivity index (χ2v) is 4.93. The van der Waals surface area contributed by atoms with Gasteiger partial charge in [-0.05, 0) is 19.3 Å². The van der Waals surface area contributed by atoms with Crippen molar-refractivity contribution in [3.05, 3.63) is 16.4 Å². The number of hydrogen-bond acceptors (Lipinski definition) is 7. The van der Waals surface area contributed by atoms with Crippen molar-refractivity contribution in [1.82, 2.24) is 9.97 Å². The highest BCUT2D eigenvalue weighted by atomic mass is 16.6. The van der Waals surface area contributed by atoms with Crippen LogP contribution in [0.2, 0.25) is 0 Å². The summed E-state index contributed by atoms with van der Waals surface area (Å²) in [5, 5.41) is 16.9. The molecule has 0 bridgehead atoms. The topological polar surface area (TPSA) is 102 Å². The minimum absolute atomic E-state index is 0.137. The molecule has 0 amide bonds. The summed E-state index contributed by atoms with van der Waals surface area (Å²) in [6, 6.07) is 0. The average molecular weight is 297 g/mol. The molecule has 2 N–H and O–H groups in total. The van der Waals surface area contributed by atoms with Crippen molar-refractivity contribution in [2.24, 2.45) is 5.92 Å². The lowest BCUT2D eigenvalue weighted by Crippen LogP contribution is -2.14. The Kier molecular flexibility index (Phi) is 7.38. The zero-order chi connectivity index (χ0) is 15.7. The Morgan fingerprint density at radius 2 is 1.95 bits per heavy atom. The van der Waals surface area contributed by atoms with Crippen molar-refractivity contribution < 1.29 is 9.66 Å². The first-order valence-corrected chi connectivity index (χ1v) is 7.11. The highest BCUT2D eigenvalue weighted by Gasteiger charge is 2.22. The molecule has 0 radical (unpaired) electrons. The fourth-order valence-corrected chi connectivity index (χ4v) is 1.64. The van der Waals surface area contributed by atoms with Gasteiger partial charge in [0.15, 0.2) is 0 Å². The maximum absolute atomic E-state index is 11.1. The highest BCUT2D eigenvalue weighted by Crippen LogP contribution is 2.28. The van der Waals surface area contributed by atoms with Crippen molar-refractivity contribution in [1.29, 1.82) is 0 Å². The Labute approximate surface area is 124 Å². The molecule has 21 heavy (non-hydrogen) atoms. The minimum atomic E-state index is -0.486. The third-order valence-electron chi connectivity index (χ3n) is 2.73. The second kappa shape index (κ2) is 9.06. The summed E-state index contributed by atoms with van der Waals surface area (Å²) in [5.41, 5.74) is -0.137. The molecule has 0 saturated carbocycles. The van der Waals surface area contributed by atoms with Crippen molar-refractivity contribution in [3.63, 3.8) is 0 Å². The first-order valence-electron chi connectivity index (χ1n) is 7.11. The number of ether oxygens (including phenoxy) is 1. The van der Waals surface area contributed by atoms with Crippen LogP contribution >= 0.6 is 0 Å². The van der Waals surface area contributed by atoms with Gasteiger partial charge in [-0.15, -0.1) is 0 Å². The molecule has 1 aromatic heterocycles. The highest BCUT2D eigenvalue weighted by molar-refractivity contribution is 5.69. The van der Waals surface area contributed by atoms with Gasteiger partial charge in [0.1, 0.15) is 6.33 Å². The SMILES string of the molecule is CCNc1ncnc(NCCOCCC(C)C)c1[N+](=O)[O-]. The van der Waals surface area contributed by atoms with E-state index in [9.17, 15) is 10.1 Å². The molecule has 0 fully saturated rings. The molecule has 118 valence electrons. The van der Waals surface area contributed by atoms with Gasteiger partial charge in [-0.2, -0.15) is 0 Å². The van der Waals surface area contributed by atoms with Gasteiger partial charge in [-0.25, -0.2) is 9.97 Å². The number of nitro groups is 1. The first kappa shape index (κ1) is 17.1. The molecule has 1 heterocycles. The number of nitrogens with one attached hydrogen (secondary N) is 2. The van der Waals surface area contributed by atoms with E-state index in [2.05, 4.69) is 34.4 Å². The van der Waals surface area contributed by atoms with Gasteiger partial charge >= 0.3 is 5.69 Å². The van der Waals surface area contributed by atoms with E-state index in [1.807, 2.05) is 6.92 Å². The van der Waals surface area contributed by atoms with E-state index >= 15 is 0 Å². The van der Waals surface area contributed by atoms with E-state index in [-0.39, 0.29) is 17.3 Å². The van der Waals surface area contributed by atoms with Crippen LogP contribution in [0.25, 0.3) is 0 Å². The van der Waals surface area contributed by atoms with Crippen LogP contribution in [0.1, 0.15) is 27.2 Å². The number of hydrogen-bond donors (Lipinski definition) is 2. The maximum atomic E-state index is 11.1. The van der Waals surface area contributed by atoms with Crippen LogP contribution in [-0.4, -0.2) is 41.2 Å². The molecule has 0 unspecified atom stereocenters. The average Bonchev–Trinajstić information content (AvgIpc) is 2.42. The zero-order valence-electron chi connectivity index (χ0n) is 12.8. The number of nitrogens with zero attached hydrogens (tertiary/aromatic N) is 3. The van der Waals surface area contributed by atoms with Gasteiger partial charge in [0.2, 0.25) is 11.6 Å². The zero-order valence-corrected chi connectivity index (χ0v) is 12.8. The monoisotopic (exact) mass is 297 g/mol. The molecule has 0 atom stereocenters. The summed E-state index contributed by atoms with van der Waals surface area (Å²) in [4.78, 5) is 18.5. The van der Waals surface area contributed by atoms with E-state index < -0.39 is 4.92 Å². The van der Waals surface area contributed by atoms with Crippen LogP contribution < -0.4 is 10.6 Å². The Hall–Kier alpha value is -1.96. The summed E-state index contributed by atoms with van der Waals surface area (Å²) in [6.07, 6.45) is 2.30. The smallest absolute Gasteiger partial charge is 0.353 e. The van der Waals surface area contributed by atoms with Crippen LogP contribution in [0.15, 0.2) is 6.33 Å². The van der Waals surface area contributed by atoms with Gasteiger partial charge in [0.25, 0.3) is 0 Å². The largest absolute Gasteiger partial charge is 0.380 e. The normalized spacial score (nSPS) is 10.7. The van der Waals surface area contributed by atoms with E-state index in [1.54, 1.807) is 0 Å². The Morgan fingerprint density at radius 1 is 1.29 bits per heavy atom. The fourth-order valence-electron chi connectivity index (χ4n) is 1.64. The van der Waals surface area contributed by atoms with Gasteiger partial charge in [-0.1, -0.05) is 13.8 Å². The molecule has 0 aliphatic rings. The minimum Gasteiger partial charge on any atom is -0.380 e. The Bertz CT molecular complexity index is 453. The molecular weight excluding hydrogens is 274 g/mol. The van der Waals surface area contributed by atoms with E-state index in [4.69, 9.17) is 4.74 Å². The fraction of sp³-hybridized carbons (Fsp3) is 0.692. The van der Waals surface area contributed by atoms with E-state index in [0.29, 0.717) is 32.2 Å². The quantitative estimate of drug-likeness (QED) is 0.388. The Balaban J connectivity index is 2.54. The Morgan fingerprint density at radius 3 is 2.52 bits per heavy atom. The van der Waals surface area contributed by atoms with Gasteiger partial charge in [0, 0.05) is 19.7 Å². The predicted molar refractivity (Wildman–Crippen MR) is 81.6 cm³/mol. The molecular formula is C13H23N5O3. The van der Waals surface area contributed by atoms with Gasteiger partial charge in [-0.3, -0.25) is 10.1 Å². The summed E-state index contributed by atoms with van der Waals surface area (Å²) in [7, 11) is 0. The lowest BCUT2D eigenvalue weighted by atomic mass is 10.1. The van der Waals surface area contributed by atoms with Crippen molar-refractivity contribution in [2.45, 2.75) is 27.2 Å². The molecule has 0 aromatic carbocycles. The van der Waals surface area contributed by atoms with Crippen molar-refractivity contribution in [3.8, 4) is 0 Å². The summed E-state index contributed by atoms with van der Waals surface area (Å²) >= 11 is 0. The van der Waals surface area contributed by atoms with E-state index in [1.165, 1.54) is 6.33 Å². The summed E-state index contributed by atoms with van der Waals surface area (Å²) < 4.78 is 5.45. The van der Waals surface area contributed by atoms with Gasteiger partial charge < -0.3 is 15.4 Å². The lowest BCUT2D eigenvalue weighted by molar-refractivity contribution is -0.383. The molecule has 0 saturated heterocycles. The lowest BCUT2D eigenvalue weighted by Gasteiger charge is -2.10. The second-order valence-electron chi connectivity index (χ2n) is 4.93. The standard InChI is InChI=1S/C13H23N5O3/c1-4-14-12-11(18(19)20)13(17-9-16-12)15-6-8-21-7-5-10(2)3/h9-10H,4-8H2,1-3H3,(H2,14,15,16,17). The molecule has 0 aliphatic heterocycles. The van der Waals surface area contributed by atoms with Crippen LogP contribution in [0.3, 0.4) is 0 Å². The van der Waals surface area contributed by atoms with Crippen LogP contribution in [0, 0.1) is 16.0 Å². The molecule has 8 nitrogen and oxygen atoms in total. The third kappa shape index (κ3) is 5.90. The third-order valence-corrected chi connectivity index (χ3v) is 2.73. The van der Waals surface area contributed by atoms with Crippen LogP contribution in [-0.2, 0) is 4.74 Å². The van der Waals surface area contributed by atoms with Crippen molar-refractivity contribution >= 4 is 17.3 Å². The predicted octanol–water partition coefficient (Wildman–Crippen LogP) is 2.29. The maximum Gasteiger partial charge on any atom is 0.353 e. The number of anilines is 2. The van der Waals surface area contributed by atoms with Crippen LogP contribution in [0.5, 0.6) is 0 Å². The molecule has 0 aliphatic carbocycles. The number of aromatic nitrogens is 2. The molecule has 1 rings (SSSR count). The summed E-state index contributed by atoms with van der Waals surface area (Å²) in [5.74, 6) is 1.03. The molecule has 8 heteroatoms. The van der Waals surface area contributed by atoms with E-state index in [0.717, 1.165) is 6.42 Å². The molecule has 1 aromatic rings. The van der Waals surface area contributed by atoms with Crippen LogP contribution in [0.4, 0.5) is 17.3 Å². The van der Waals surface area contributed by atoms with Crippen molar-refractivity contribution in [2.75, 3.05) is 36.9 Å². The summed E-state index contributed by atoms with van der Waals surface area (Å²) in [6.45, 7) is 8.29. The number of rotatable bonds is 10. The first-order chi connectivity index (χ1) is 10.1.